The average molecular weight is 295 g/mol. The van der Waals surface area contributed by atoms with Gasteiger partial charge in [-0.25, -0.2) is 4.98 Å². The van der Waals surface area contributed by atoms with Gasteiger partial charge in [0.15, 0.2) is 11.4 Å². The molecule has 5 rings (SSSR count). The van der Waals surface area contributed by atoms with E-state index >= 15 is 0 Å². The van der Waals surface area contributed by atoms with Gasteiger partial charge in [0, 0.05) is 24.5 Å². The van der Waals surface area contributed by atoms with Crippen molar-refractivity contribution in [3.8, 4) is 0 Å². The Morgan fingerprint density at radius 1 is 1.23 bits per heavy atom. The van der Waals surface area contributed by atoms with Crippen molar-refractivity contribution in [1.29, 1.82) is 0 Å². The predicted octanol–water partition coefficient (Wildman–Crippen LogP) is 1.66. The standard InChI is InChI=1S/C16H17N5O/c1-7-2-3-11-8(4-7)13-14(22-11)15(20-16(18)19-13)21-5-9-10(6-21)12(9)17/h2-4,9-10,12H,5-6,17H2,1H3,(H2,18,19,20). The van der Waals surface area contributed by atoms with Crippen molar-refractivity contribution in [3.05, 3.63) is 23.8 Å². The van der Waals surface area contributed by atoms with Crippen molar-refractivity contribution in [2.45, 2.75) is 13.0 Å². The molecular weight excluding hydrogens is 278 g/mol. The Bertz CT molecular complexity index is 906. The Morgan fingerprint density at radius 2 is 2.00 bits per heavy atom. The minimum absolute atomic E-state index is 0.288. The molecule has 1 saturated carbocycles. The smallest absolute Gasteiger partial charge is 0.222 e. The zero-order valence-corrected chi connectivity index (χ0v) is 12.3. The Kier molecular flexibility index (Phi) is 2.16. The summed E-state index contributed by atoms with van der Waals surface area (Å²) in [6.07, 6.45) is 0. The van der Waals surface area contributed by atoms with E-state index in [9.17, 15) is 0 Å². The topological polar surface area (TPSA) is 94.2 Å². The zero-order chi connectivity index (χ0) is 15.0. The second-order valence-corrected chi connectivity index (χ2v) is 6.49. The summed E-state index contributed by atoms with van der Waals surface area (Å²) in [6, 6.07) is 6.44. The van der Waals surface area contributed by atoms with Crippen LogP contribution in [-0.4, -0.2) is 29.1 Å². The van der Waals surface area contributed by atoms with Gasteiger partial charge in [-0.1, -0.05) is 11.6 Å². The summed E-state index contributed by atoms with van der Waals surface area (Å²) in [5.41, 5.74) is 15.5. The number of aryl methyl sites for hydroxylation is 1. The molecule has 0 amide bonds. The Morgan fingerprint density at radius 3 is 2.77 bits per heavy atom. The van der Waals surface area contributed by atoms with Gasteiger partial charge in [0.1, 0.15) is 11.1 Å². The third-order valence-electron chi connectivity index (χ3n) is 5.03. The third-order valence-corrected chi connectivity index (χ3v) is 5.03. The van der Waals surface area contributed by atoms with Gasteiger partial charge in [0.05, 0.1) is 0 Å². The van der Waals surface area contributed by atoms with E-state index < -0.39 is 0 Å². The van der Waals surface area contributed by atoms with Crippen molar-refractivity contribution in [1.82, 2.24) is 9.97 Å². The normalized spacial score (nSPS) is 26.8. The molecule has 6 nitrogen and oxygen atoms in total. The van der Waals surface area contributed by atoms with Gasteiger partial charge >= 0.3 is 0 Å². The monoisotopic (exact) mass is 295 g/mol. The lowest BCUT2D eigenvalue weighted by Crippen LogP contribution is -2.29. The summed E-state index contributed by atoms with van der Waals surface area (Å²) in [4.78, 5) is 11.1. The molecule has 4 N–H and O–H groups in total. The molecule has 112 valence electrons. The minimum atomic E-state index is 0.288. The molecule has 6 heteroatoms. The fourth-order valence-corrected chi connectivity index (χ4v) is 3.72. The van der Waals surface area contributed by atoms with Crippen LogP contribution in [0.1, 0.15) is 5.56 Å². The molecular formula is C16H17N5O. The Balaban J connectivity index is 1.72. The Labute approximate surface area is 127 Å². The van der Waals surface area contributed by atoms with Gasteiger partial charge in [-0.15, -0.1) is 0 Å². The van der Waals surface area contributed by atoms with Crippen LogP contribution in [0.2, 0.25) is 0 Å². The number of hydrogen-bond acceptors (Lipinski definition) is 6. The molecule has 1 aliphatic carbocycles. The number of nitrogen functional groups attached to an aromatic ring is 1. The predicted molar refractivity (Wildman–Crippen MR) is 85.6 cm³/mol. The van der Waals surface area contributed by atoms with E-state index in [1.54, 1.807) is 0 Å². The summed E-state index contributed by atoms with van der Waals surface area (Å²) < 4.78 is 6.03. The number of aromatic nitrogens is 2. The van der Waals surface area contributed by atoms with E-state index in [1.807, 2.05) is 12.1 Å². The highest BCUT2D eigenvalue weighted by Gasteiger charge is 2.54. The first-order chi connectivity index (χ1) is 10.6. The highest BCUT2D eigenvalue weighted by Crippen LogP contribution is 2.46. The summed E-state index contributed by atoms with van der Waals surface area (Å²) in [7, 11) is 0. The van der Waals surface area contributed by atoms with E-state index in [2.05, 4.69) is 27.9 Å². The van der Waals surface area contributed by atoms with Crippen LogP contribution in [0.4, 0.5) is 11.8 Å². The molecule has 0 bridgehead atoms. The molecule has 3 aromatic rings. The quantitative estimate of drug-likeness (QED) is 0.709. The lowest BCUT2D eigenvalue weighted by molar-refractivity contribution is 0.657. The van der Waals surface area contributed by atoms with Crippen molar-refractivity contribution in [2.75, 3.05) is 23.7 Å². The average Bonchev–Trinajstić information content (AvgIpc) is 2.90. The van der Waals surface area contributed by atoms with Crippen molar-refractivity contribution in [2.24, 2.45) is 17.6 Å². The molecule has 22 heavy (non-hydrogen) atoms. The first-order valence-electron chi connectivity index (χ1n) is 7.59. The largest absolute Gasteiger partial charge is 0.450 e. The highest BCUT2D eigenvalue weighted by atomic mass is 16.3. The van der Waals surface area contributed by atoms with Crippen LogP contribution in [-0.2, 0) is 0 Å². The number of anilines is 2. The lowest BCUT2D eigenvalue weighted by atomic mass is 10.1. The minimum Gasteiger partial charge on any atom is -0.450 e. The number of benzene rings is 1. The van der Waals surface area contributed by atoms with E-state index in [4.69, 9.17) is 15.9 Å². The highest BCUT2D eigenvalue weighted by molar-refractivity contribution is 6.06. The number of fused-ring (bicyclic) bond motifs is 4. The maximum Gasteiger partial charge on any atom is 0.222 e. The SMILES string of the molecule is Cc1ccc2oc3c(N4CC5C(N)C5C4)nc(N)nc3c2c1. The molecule has 0 radical (unpaired) electrons. The number of furan rings is 1. The van der Waals surface area contributed by atoms with Crippen molar-refractivity contribution < 1.29 is 4.42 Å². The number of nitrogens with two attached hydrogens (primary N) is 2. The van der Waals surface area contributed by atoms with Crippen molar-refractivity contribution in [3.63, 3.8) is 0 Å². The van der Waals surface area contributed by atoms with Crippen LogP contribution < -0.4 is 16.4 Å². The van der Waals surface area contributed by atoms with Gasteiger partial charge in [-0.05, 0) is 30.9 Å². The molecule has 0 spiro atoms. The number of rotatable bonds is 1. The summed E-state index contributed by atoms with van der Waals surface area (Å²) in [6.45, 7) is 3.90. The van der Waals surface area contributed by atoms with E-state index in [1.165, 1.54) is 5.56 Å². The second-order valence-electron chi connectivity index (χ2n) is 6.49. The molecule has 1 aliphatic heterocycles. The zero-order valence-electron chi connectivity index (χ0n) is 12.3. The molecule has 2 fully saturated rings. The fraction of sp³-hybridized carbons (Fsp3) is 0.375. The van der Waals surface area contributed by atoms with Crippen LogP contribution in [0.25, 0.3) is 22.1 Å². The van der Waals surface area contributed by atoms with Gasteiger partial charge in [-0.3, -0.25) is 0 Å². The van der Waals surface area contributed by atoms with Gasteiger partial charge in [0.25, 0.3) is 0 Å². The second kappa shape index (κ2) is 3.89. The summed E-state index contributed by atoms with van der Waals surface area (Å²) in [5.74, 6) is 2.25. The van der Waals surface area contributed by atoms with Crippen LogP contribution in [0, 0.1) is 18.8 Å². The molecule has 2 aromatic heterocycles. The number of piperidine rings is 1. The molecule has 1 saturated heterocycles. The first-order valence-corrected chi connectivity index (χ1v) is 7.59. The van der Waals surface area contributed by atoms with E-state index in [0.29, 0.717) is 17.9 Å². The molecule has 1 aromatic carbocycles. The van der Waals surface area contributed by atoms with Crippen LogP contribution >= 0.6 is 0 Å². The molecule has 2 atom stereocenters. The van der Waals surface area contributed by atoms with E-state index in [-0.39, 0.29) is 5.95 Å². The fourth-order valence-electron chi connectivity index (χ4n) is 3.72. The van der Waals surface area contributed by atoms with Gasteiger partial charge in [-0.2, -0.15) is 4.98 Å². The first kappa shape index (κ1) is 12.2. The summed E-state index contributed by atoms with van der Waals surface area (Å²) >= 11 is 0. The molecule has 2 aliphatic rings. The molecule has 3 heterocycles. The molecule has 2 unspecified atom stereocenters. The van der Waals surface area contributed by atoms with Crippen LogP contribution in [0.3, 0.4) is 0 Å². The maximum absolute atomic E-state index is 6.03. The maximum atomic E-state index is 6.03. The number of hydrogen-bond donors (Lipinski definition) is 2. The van der Waals surface area contributed by atoms with Crippen molar-refractivity contribution >= 4 is 33.8 Å². The lowest BCUT2D eigenvalue weighted by Gasteiger charge is -2.20. The van der Waals surface area contributed by atoms with Crippen LogP contribution in [0.5, 0.6) is 0 Å². The Hall–Kier alpha value is -2.34. The summed E-state index contributed by atoms with van der Waals surface area (Å²) in [5, 5.41) is 0.992. The van der Waals surface area contributed by atoms with Gasteiger partial charge < -0.3 is 20.8 Å². The number of nitrogens with zero attached hydrogens (tertiary/aromatic N) is 3. The third kappa shape index (κ3) is 1.53. The van der Waals surface area contributed by atoms with Gasteiger partial charge in [0.2, 0.25) is 5.95 Å². The van der Waals surface area contributed by atoms with Crippen LogP contribution in [0.15, 0.2) is 22.6 Å². The van der Waals surface area contributed by atoms with E-state index in [0.717, 1.165) is 41.0 Å².